The normalized spacial score (nSPS) is 10.6. The number of hydrogen-bond acceptors (Lipinski definition) is 3. The molecule has 3 rings (SSSR count). The largest absolute Gasteiger partial charge is 0.496 e. The second-order valence-electron chi connectivity index (χ2n) is 5.19. The molecule has 1 heterocycles. The highest BCUT2D eigenvalue weighted by atomic mass is 35.5. The highest BCUT2D eigenvalue weighted by Gasteiger charge is 2.10. The minimum Gasteiger partial charge on any atom is -0.496 e. The number of rotatable bonds is 4. The van der Waals surface area contributed by atoms with Crippen LogP contribution in [0.2, 0.25) is 5.02 Å². The molecule has 3 aromatic rings. The maximum absolute atomic E-state index is 13.4. The summed E-state index contributed by atoms with van der Waals surface area (Å²) >= 11 is 5.97. The zero-order valence-electron chi connectivity index (χ0n) is 12.9. The van der Waals surface area contributed by atoms with Crippen LogP contribution in [0.3, 0.4) is 0 Å². The van der Waals surface area contributed by atoms with Gasteiger partial charge in [-0.2, -0.15) is 5.10 Å². The number of aromatic nitrogens is 2. The van der Waals surface area contributed by atoms with Crippen molar-refractivity contribution in [1.29, 1.82) is 0 Å². The van der Waals surface area contributed by atoms with E-state index in [1.54, 1.807) is 24.3 Å². The van der Waals surface area contributed by atoms with Crippen LogP contribution in [0, 0.1) is 5.82 Å². The first-order valence-electron chi connectivity index (χ1n) is 7.23. The molecule has 0 aliphatic heterocycles. The molecule has 0 saturated carbocycles. The smallest absolute Gasteiger partial charge is 0.267 e. The van der Waals surface area contributed by atoms with Gasteiger partial charge >= 0.3 is 0 Å². The van der Waals surface area contributed by atoms with E-state index in [1.807, 2.05) is 12.1 Å². The number of benzene rings is 2. The third kappa shape index (κ3) is 3.46. The number of halogens is 2. The first kappa shape index (κ1) is 16.2. The van der Waals surface area contributed by atoms with Crippen LogP contribution in [-0.4, -0.2) is 16.9 Å². The molecular formula is C18H14ClFN2O2. The van der Waals surface area contributed by atoms with E-state index < -0.39 is 5.82 Å². The molecule has 0 aliphatic rings. The minimum absolute atomic E-state index is 0.236. The quantitative estimate of drug-likeness (QED) is 0.724. The van der Waals surface area contributed by atoms with Crippen molar-refractivity contribution in [1.82, 2.24) is 9.78 Å². The summed E-state index contributed by atoms with van der Waals surface area (Å²) in [6.45, 7) is 0.288. The Morgan fingerprint density at radius 1 is 1.17 bits per heavy atom. The summed E-state index contributed by atoms with van der Waals surface area (Å²) in [4.78, 5) is 12.1. The third-order valence-electron chi connectivity index (χ3n) is 3.53. The van der Waals surface area contributed by atoms with Gasteiger partial charge in [0.25, 0.3) is 5.56 Å². The predicted molar refractivity (Wildman–Crippen MR) is 91.0 cm³/mol. The van der Waals surface area contributed by atoms with Crippen molar-refractivity contribution in [2.45, 2.75) is 6.54 Å². The second kappa shape index (κ2) is 6.84. The Morgan fingerprint density at radius 2 is 2.00 bits per heavy atom. The van der Waals surface area contributed by atoms with Gasteiger partial charge in [0.15, 0.2) is 0 Å². The van der Waals surface area contributed by atoms with Gasteiger partial charge < -0.3 is 4.74 Å². The Balaban J connectivity index is 2.02. The fraction of sp³-hybridized carbons (Fsp3) is 0.111. The maximum atomic E-state index is 13.4. The van der Waals surface area contributed by atoms with Gasteiger partial charge in [-0.1, -0.05) is 23.7 Å². The van der Waals surface area contributed by atoms with Crippen LogP contribution in [-0.2, 0) is 6.54 Å². The molecule has 0 amide bonds. The van der Waals surface area contributed by atoms with Crippen molar-refractivity contribution >= 4 is 11.6 Å². The predicted octanol–water partition coefficient (Wildman–Crippen LogP) is 3.76. The van der Waals surface area contributed by atoms with Gasteiger partial charge in [-0.05, 0) is 35.9 Å². The van der Waals surface area contributed by atoms with Crippen molar-refractivity contribution in [3.63, 3.8) is 0 Å². The molecule has 4 nitrogen and oxygen atoms in total. The Morgan fingerprint density at radius 3 is 2.75 bits per heavy atom. The highest BCUT2D eigenvalue weighted by molar-refractivity contribution is 6.30. The topological polar surface area (TPSA) is 44.1 Å². The zero-order chi connectivity index (χ0) is 17.1. The van der Waals surface area contributed by atoms with Gasteiger partial charge in [0.05, 0.1) is 19.3 Å². The SMILES string of the molecule is COc1cc(F)ccc1-c1ccc(=O)n(Cc2cccc(Cl)c2)n1. The molecule has 0 saturated heterocycles. The molecule has 0 bridgehead atoms. The van der Waals surface area contributed by atoms with Crippen molar-refractivity contribution in [2.75, 3.05) is 7.11 Å². The lowest BCUT2D eigenvalue weighted by atomic mass is 10.1. The van der Waals surface area contributed by atoms with Gasteiger partial charge in [0.2, 0.25) is 0 Å². The average Bonchev–Trinajstić information content (AvgIpc) is 2.57. The van der Waals surface area contributed by atoms with Gasteiger partial charge in [-0.3, -0.25) is 4.79 Å². The molecule has 122 valence electrons. The lowest BCUT2D eigenvalue weighted by Gasteiger charge is -2.10. The Hall–Kier alpha value is -2.66. The molecule has 0 N–H and O–H groups in total. The lowest BCUT2D eigenvalue weighted by Crippen LogP contribution is -2.22. The fourth-order valence-electron chi connectivity index (χ4n) is 2.39. The summed E-state index contributed by atoms with van der Waals surface area (Å²) in [6.07, 6.45) is 0. The Kier molecular flexibility index (Phi) is 4.62. The van der Waals surface area contributed by atoms with E-state index in [-0.39, 0.29) is 12.1 Å². The summed E-state index contributed by atoms with van der Waals surface area (Å²) in [6, 6.07) is 14.4. The number of hydrogen-bond donors (Lipinski definition) is 0. The molecule has 6 heteroatoms. The fourth-order valence-corrected chi connectivity index (χ4v) is 2.60. The van der Waals surface area contributed by atoms with Crippen LogP contribution in [0.25, 0.3) is 11.3 Å². The summed E-state index contributed by atoms with van der Waals surface area (Å²) in [5.41, 5.74) is 1.76. The molecule has 24 heavy (non-hydrogen) atoms. The monoisotopic (exact) mass is 344 g/mol. The van der Waals surface area contributed by atoms with Crippen LogP contribution >= 0.6 is 11.6 Å². The summed E-state index contributed by atoms with van der Waals surface area (Å²) in [5, 5.41) is 4.96. The van der Waals surface area contributed by atoms with Crippen molar-refractivity contribution in [2.24, 2.45) is 0 Å². The van der Waals surface area contributed by atoms with E-state index >= 15 is 0 Å². The van der Waals surface area contributed by atoms with E-state index in [0.29, 0.717) is 22.0 Å². The zero-order valence-corrected chi connectivity index (χ0v) is 13.6. The van der Waals surface area contributed by atoms with Gasteiger partial charge in [0, 0.05) is 22.7 Å². The number of ether oxygens (including phenoxy) is 1. The number of methoxy groups -OCH3 is 1. The molecule has 0 fully saturated rings. The van der Waals surface area contributed by atoms with Crippen LogP contribution in [0.1, 0.15) is 5.56 Å². The summed E-state index contributed by atoms with van der Waals surface area (Å²) in [5.74, 6) is -0.0432. The number of nitrogens with zero attached hydrogens (tertiary/aromatic N) is 2. The molecule has 2 aromatic carbocycles. The van der Waals surface area contributed by atoms with Crippen molar-refractivity contribution in [3.8, 4) is 17.0 Å². The van der Waals surface area contributed by atoms with Crippen LogP contribution in [0.4, 0.5) is 4.39 Å². The first-order chi connectivity index (χ1) is 11.6. The second-order valence-corrected chi connectivity index (χ2v) is 5.63. The van der Waals surface area contributed by atoms with Crippen molar-refractivity contribution < 1.29 is 9.13 Å². The van der Waals surface area contributed by atoms with E-state index in [9.17, 15) is 9.18 Å². The molecular weight excluding hydrogens is 331 g/mol. The third-order valence-corrected chi connectivity index (χ3v) is 3.76. The van der Waals surface area contributed by atoms with Crippen LogP contribution < -0.4 is 10.3 Å². The Bertz CT molecular complexity index is 940. The summed E-state index contributed by atoms with van der Waals surface area (Å²) < 4.78 is 19.9. The first-order valence-corrected chi connectivity index (χ1v) is 7.61. The van der Waals surface area contributed by atoms with Gasteiger partial charge in [0.1, 0.15) is 11.6 Å². The molecule has 1 aromatic heterocycles. The maximum Gasteiger partial charge on any atom is 0.267 e. The molecule has 0 aliphatic carbocycles. The van der Waals surface area contributed by atoms with E-state index in [1.165, 1.54) is 30.0 Å². The van der Waals surface area contributed by atoms with Gasteiger partial charge in [-0.15, -0.1) is 0 Å². The molecule has 0 spiro atoms. The molecule has 0 atom stereocenters. The Labute approximate surface area is 143 Å². The lowest BCUT2D eigenvalue weighted by molar-refractivity contribution is 0.412. The van der Waals surface area contributed by atoms with Gasteiger partial charge in [-0.25, -0.2) is 9.07 Å². The van der Waals surface area contributed by atoms with Crippen LogP contribution in [0.15, 0.2) is 59.4 Å². The van der Waals surface area contributed by atoms with Crippen molar-refractivity contribution in [3.05, 3.63) is 81.4 Å². The summed E-state index contributed by atoms with van der Waals surface area (Å²) in [7, 11) is 1.46. The molecule has 0 radical (unpaired) electrons. The highest BCUT2D eigenvalue weighted by Crippen LogP contribution is 2.28. The van der Waals surface area contributed by atoms with Crippen LogP contribution in [0.5, 0.6) is 5.75 Å². The van der Waals surface area contributed by atoms with E-state index in [2.05, 4.69) is 5.10 Å². The average molecular weight is 345 g/mol. The minimum atomic E-state index is -0.400. The van der Waals surface area contributed by atoms with E-state index in [0.717, 1.165) is 5.56 Å². The van der Waals surface area contributed by atoms with E-state index in [4.69, 9.17) is 16.3 Å². The molecule has 0 unspecified atom stereocenters. The standard InChI is InChI=1S/C18H14ClFN2O2/c1-24-17-10-14(20)5-6-15(17)16-7-8-18(23)22(21-16)11-12-3-2-4-13(19)9-12/h2-10H,11H2,1H3.